The minimum atomic E-state index is -4.60. The van der Waals surface area contributed by atoms with E-state index in [4.69, 9.17) is 9.47 Å². The average molecular weight is 431 g/mol. The Morgan fingerprint density at radius 3 is 2.27 bits per heavy atom. The molecular weight excluding hydrogens is 403 g/mol. The van der Waals surface area contributed by atoms with Gasteiger partial charge in [0.15, 0.2) is 0 Å². The predicted octanol–water partition coefficient (Wildman–Crippen LogP) is 4.95. The normalized spacial score (nSPS) is 19.7. The van der Waals surface area contributed by atoms with Gasteiger partial charge in [-0.2, -0.15) is 13.2 Å². The van der Waals surface area contributed by atoms with Crippen LogP contribution in [0.25, 0.3) is 0 Å². The molecule has 9 heteroatoms. The van der Waals surface area contributed by atoms with Gasteiger partial charge in [0.25, 0.3) is 0 Å². The van der Waals surface area contributed by atoms with Gasteiger partial charge >= 0.3 is 18.2 Å². The molecule has 2 rings (SSSR count). The lowest BCUT2D eigenvalue weighted by molar-refractivity contribution is -0.139. The van der Waals surface area contributed by atoms with Gasteiger partial charge < -0.3 is 19.5 Å². The third kappa shape index (κ3) is 7.11. The number of alkyl halides is 3. The molecule has 1 aromatic carbocycles. The van der Waals surface area contributed by atoms with Crippen molar-refractivity contribution in [2.45, 2.75) is 64.3 Å². The van der Waals surface area contributed by atoms with E-state index in [-0.39, 0.29) is 29.9 Å². The molecule has 0 spiro atoms. The number of benzene rings is 1. The summed E-state index contributed by atoms with van der Waals surface area (Å²) in [5.41, 5.74) is -1.52. The topological polar surface area (TPSA) is 73.9 Å². The second-order valence-corrected chi connectivity index (χ2v) is 8.38. The fourth-order valence-electron chi connectivity index (χ4n) is 3.28. The van der Waals surface area contributed by atoms with E-state index >= 15 is 0 Å². The number of esters is 1. The fraction of sp³-hybridized carbons (Fsp3) is 0.619. The predicted molar refractivity (Wildman–Crippen MR) is 103 cm³/mol. The molecule has 1 aliphatic carbocycles. The molecular formula is C21H28F3NO5. The van der Waals surface area contributed by atoms with Gasteiger partial charge in [-0.3, -0.25) is 0 Å². The largest absolute Gasteiger partial charge is 0.493 e. The van der Waals surface area contributed by atoms with Crippen molar-refractivity contribution in [2.24, 2.45) is 5.92 Å². The molecule has 1 N–H and O–H groups in total. The molecule has 1 saturated carbocycles. The third-order valence-corrected chi connectivity index (χ3v) is 4.75. The lowest BCUT2D eigenvalue weighted by atomic mass is 9.86. The quantitative estimate of drug-likeness (QED) is 0.668. The maximum Gasteiger partial charge on any atom is 0.419 e. The first-order chi connectivity index (χ1) is 13.9. The van der Waals surface area contributed by atoms with Gasteiger partial charge in [-0.25, -0.2) is 9.59 Å². The Morgan fingerprint density at radius 1 is 1.10 bits per heavy atom. The van der Waals surface area contributed by atoms with Crippen LogP contribution < -0.4 is 10.1 Å². The Bertz CT molecular complexity index is 750. The van der Waals surface area contributed by atoms with E-state index in [0.29, 0.717) is 25.7 Å². The summed E-state index contributed by atoms with van der Waals surface area (Å²) >= 11 is 0. The molecule has 0 aliphatic heterocycles. The van der Waals surface area contributed by atoms with Gasteiger partial charge in [-0.1, -0.05) is 0 Å². The summed E-state index contributed by atoms with van der Waals surface area (Å²) in [6.07, 6.45) is -2.32. The first-order valence-corrected chi connectivity index (χ1v) is 9.81. The molecule has 30 heavy (non-hydrogen) atoms. The summed E-state index contributed by atoms with van der Waals surface area (Å²) < 4.78 is 55.1. The summed E-state index contributed by atoms with van der Waals surface area (Å²) in [5.74, 6) is -1.08. The van der Waals surface area contributed by atoms with Crippen molar-refractivity contribution in [3.8, 4) is 5.75 Å². The molecule has 0 saturated heterocycles. The van der Waals surface area contributed by atoms with Crippen LogP contribution in [-0.2, 0) is 15.7 Å². The lowest BCUT2D eigenvalue weighted by Gasteiger charge is -2.30. The number of nitrogens with one attached hydrogen (secondary N) is 1. The molecule has 1 fully saturated rings. The van der Waals surface area contributed by atoms with Crippen molar-refractivity contribution in [1.29, 1.82) is 0 Å². The highest BCUT2D eigenvalue weighted by Gasteiger charge is 2.35. The zero-order valence-corrected chi connectivity index (χ0v) is 17.6. The number of hydrogen-bond acceptors (Lipinski definition) is 5. The Labute approximate surface area is 174 Å². The van der Waals surface area contributed by atoms with Crippen molar-refractivity contribution in [2.75, 3.05) is 13.7 Å². The van der Waals surface area contributed by atoms with E-state index < -0.39 is 29.4 Å². The van der Waals surface area contributed by atoms with E-state index in [2.05, 4.69) is 10.1 Å². The van der Waals surface area contributed by atoms with Crippen molar-refractivity contribution >= 4 is 12.1 Å². The van der Waals surface area contributed by atoms with Crippen molar-refractivity contribution in [1.82, 2.24) is 5.32 Å². The van der Waals surface area contributed by atoms with Gasteiger partial charge in [-0.15, -0.1) is 0 Å². The number of hydrogen-bond donors (Lipinski definition) is 1. The lowest BCUT2D eigenvalue weighted by Crippen LogP contribution is -2.41. The minimum absolute atomic E-state index is 0.00855. The zero-order valence-electron chi connectivity index (χ0n) is 17.6. The number of rotatable bonds is 5. The summed E-state index contributed by atoms with van der Waals surface area (Å²) in [6, 6.07) is 2.91. The van der Waals surface area contributed by atoms with Crippen LogP contribution in [0.3, 0.4) is 0 Å². The SMILES string of the molecule is COC(=O)c1ccc(C(F)(F)F)c(OC[C@H]2CC[C@H](NC(=O)OC(C)(C)C)CC2)c1. The second-order valence-electron chi connectivity index (χ2n) is 8.38. The number of ether oxygens (including phenoxy) is 3. The standard InChI is InChI=1S/C21H28F3NO5/c1-20(2,3)30-19(27)25-15-8-5-13(6-9-15)12-29-17-11-14(18(26)28-4)7-10-16(17)21(22,23)24/h7,10-11,13,15H,5-6,8-9,12H2,1-4H3,(H,25,27)/t13-,15-. The zero-order chi connectivity index (χ0) is 22.5. The van der Waals surface area contributed by atoms with E-state index in [0.717, 1.165) is 25.3 Å². The molecule has 0 bridgehead atoms. The highest BCUT2D eigenvalue weighted by molar-refractivity contribution is 5.90. The monoisotopic (exact) mass is 431 g/mol. The molecule has 168 valence electrons. The summed E-state index contributed by atoms with van der Waals surface area (Å²) in [6.45, 7) is 5.44. The summed E-state index contributed by atoms with van der Waals surface area (Å²) in [4.78, 5) is 23.5. The van der Waals surface area contributed by atoms with Crippen LogP contribution in [0.4, 0.5) is 18.0 Å². The van der Waals surface area contributed by atoms with E-state index in [1.807, 2.05) is 0 Å². The van der Waals surface area contributed by atoms with Crippen LogP contribution in [0.15, 0.2) is 18.2 Å². The van der Waals surface area contributed by atoms with Gasteiger partial charge in [0, 0.05) is 6.04 Å². The molecule has 1 amide bonds. The summed E-state index contributed by atoms with van der Waals surface area (Å²) in [7, 11) is 1.16. The van der Waals surface area contributed by atoms with Crippen LogP contribution >= 0.6 is 0 Å². The summed E-state index contributed by atoms with van der Waals surface area (Å²) in [5, 5.41) is 2.82. The number of carbonyl (C=O) groups is 2. The Morgan fingerprint density at radius 2 is 1.73 bits per heavy atom. The Kier molecular flexibility index (Phi) is 7.60. The fourth-order valence-corrected chi connectivity index (χ4v) is 3.28. The molecule has 0 heterocycles. The van der Waals surface area contributed by atoms with Gasteiger partial charge in [0.1, 0.15) is 11.4 Å². The van der Waals surface area contributed by atoms with Crippen LogP contribution in [0.5, 0.6) is 5.75 Å². The molecule has 6 nitrogen and oxygen atoms in total. The van der Waals surface area contributed by atoms with Gasteiger partial charge in [0.05, 0.1) is 24.8 Å². The molecule has 1 aliphatic rings. The maximum atomic E-state index is 13.3. The highest BCUT2D eigenvalue weighted by atomic mass is 19.4. The Balaban J connectivity index is 1.93. The first kappa shape index (κ1) is 23.8. The van der Waals surface area contributed by atoms with Crippen molar-refractivity contribution in [3.05, 3.63) is 29.3 Å². The third-order valence-electron chi connectivity index (χ3n) is 4.75. The maximum absolute atomic E-state index is 13.3. The van der Waals surface area contributed by atoms with Crippen molar-refractivity contribution in [3.63, 3.8) is 0 Å². The number of halogens is 3. The minimum Gasteiger partial charge on any atom is -0.493 e. The number of alkyl carbamates (subject to hydrolysis) is 1. The first-order valence-electron chi connectivity index (χ1n) is 9.81. The van der Waals surface area contributed by atoms with Crippen LogP contribution in [0.1, 0.15) is 62.4 Å². The van der Waals surface area contributed by atoms with E-state index in [1.165, 1.54) is 0 Å². The van der Waals surface area contributed by atoms with Gasteiger partial charge in [-0.05, 0) is 70.6 Å². The second kappa shape index (κ2) is 9.57. The van der Waals surface area contributed by atoms with Crippen LogP contribution in [0, 0.1) is 5.92 Å². The molecule has 0 aromatic heterocycles. The molecule has 0 atom stereocenters. The smallest absolute Gasteiger partial charge is 0.419 e. The van der Waals surface area contributed by atoms with Crippen molar-refractivity contribution < 1.29 is 37.0 Å². The molecule has 0 radical (unpaired) electrons. The van der Waals surface area contributed by atoms with E-state index in [9.17, 15) is 22.8 Å². The average Bonchev–Trinajstić information content (AvgIpc) is 2.64. The molecule has 0 unspecified atom stereocenters. The Hall–Kier alpha value is -2.45. The number of amides is 1. The van der Waals surface area contributed by atoms with Crippen LogP contribution in [0.2, 0.25) is 0 Å². The van der Waals surface area contributed by atoms with E-state index in [1.54, 1.807) is 20.8 Å². The number of carbonyl (C=O) groups excluding carboxylic acids is 2. The van der Waals surface area contributed by atoms with Crippen LogP contribution in [-0.4, -0.2) is 37.4 Å². The number of methoxy groups -OCH3 is 1. The molecule has 1 aromatic rings. The highest BCUT2D eigenvalue weighted by Crippen LogP contribution is 2.37. The van der Waals surface area contributed by atoms with Gasteiger partial charge in [0.2, 0.25) is 0 Å².